The number of thiazole rings is 1. The molecule has 0 radical (unpaired) electrons. The number of benzene rings is 1. The third-order valence-corrected chi connectivity index (χ3v) is 2.85. The number of nitrogen functional groups attached to an aromatic ring is 1. The van der Waals surface area contributed by atoms with Crippen LogP contribution < -0.4 is 11.2 Å². The van der Waals surface area contributed by atoms with E-state index in [2.05, 4.69) is 15.5 Å². The third kappa shape index (κ3) is 3.15. The second-order valence-electron chi connectivity index (χ2n) is 3.11. The molecule has 0 aliphatic carbocycles. The second kappa shape index (κ2) is 5.11. The summed E-state index contributed by atoms with van der Waals surface area (Å²) < 4.78 is 13.3. The van der Waals surface area contributed by atoms with Crippen molar-refractivity contribution in [2.75, 3.05) is 11.2 Å². The monoisotopic (exact) mass is 270 g/mol. The highest BCUT2D eigenvalue weighted by Crippen LogP contribution is 2.16. The molecule has 0 bridgehead atoms. The minimum atomic E-state index is -0.429. The van der Waals surface area contributed by atoms with Crippen molar-refractivity contribution in [2.24, 2.45) is 5.10 Å². The largest absolute Gasteiger partial charge is 0.383 e. The van der Waals surface area contributed by atoms with E-state index in [4.69, 9.17) is 17.3 Å². The van der Waals surface area contributed by atoms with E-state index in [1.165, 1.54) is 23.6 Å². The van der Waals surface area contributed by atoms with Gasteiger partial charge in [-0.05, 0) is 18.2 Å². The highest BCUT2D eigenvalue weighted by molar-refractivity contribution is 7.14. The Labute approximate surface area is 106 Å². The lowest BCUT2D eigenvalue weighted by atomic mass is 10.2. The topological polar surface area (TPSA) is 63.3 Å². The van der Waals surface area contributed by atoms with Crippen LogP contribution >= 0.6 is 22.9 Å². The van der Waals surface area contributed by atoms with Crippen LogP contribution in [-0.4, -0.2) is 11.2 Å². The molecular weight excluding hydrogens is 263 g/mol. The van der Waals surface area contributed by atoms with Gasteiger partial charge in [-0.3, -0.25) is 5.43 Å². The smallest absolute Gasteiger partial charge is 0.205 e. The summed E-state index contributed by atoms with van der Waals surface area (Å²) in [5, 5.41) is 6.43. The quantitative estimate of drug-likeness (QED) is 0.666. The number of aromatic nitrogens is 1. The van der Waals surface area contributed by atoms with E-state index in [9.17, 15) is 4.39 Å². The summed E-state index contributed by atoms with van der Waals surface area (Å²) in [6.07, 6.45) is 1.35. The van der Waals surface area contributed by atoms with Crippen LogP contribution in [0.3, 0.4) is 0 Å². The molecule has 0 fully saturated rings. The fraction of sp³-hybridized carbons (Fsp3) is 0. The predicted molar refractivity (Wildman–Crippen MR) is 69.2 cm³/mol. The van der Waals surface area contributed by atoms with E-state index in [0.29, 0.717) is 21.5 Å². The van der Waals surface area contributed by atoms with Crippen LogP contribution in [-0.2, 0) is 0 Å². The number of hydrazone groups is 1. The van der Waals surface area contributed by atoms with Gasteiger partial charge in [0.25, 0.3) is 0 Å². The molecule has 88 valence electrons. The molecule has 0 saturated carbocycles. The molecule has 1 heterocycles. The van der Waals surface area contributed by atoms with Gasteiger partial charge in [0, 0.05) is 16.0 Å². The standard InChI is InChI=1S/C10H8ClFN4S/c11-7-2-1-6(8(12)3-7)4-14-16-10-15-9(13)5-17-10/h1-5H,13H2,(H,15,16). The Hall–Kier alpha value is -1.66. The van der Waals surface area contributed by atoms with Crippen LogP contribution in [0.2, 0.25) is 5.02 Å². The summed E-state index contributed by atoms with van der Waals surface area (Å²) in [6, 6.07) is 4.36. The molecule has 0 aliphatic heterocycles. The van der Waals surface area contributed by atoms with Crippen molar-refractivity contribution in [1.29, 1.82) is 0 Å². The molecule has 0 aliphatic rings. The summed E-state index contributed by atoms with van der Waals surface area (Å²) in [5.41, 5.74) is 8.43. The number of halogens is 2. The highest BCUT2D eigenvalue weighted by atomic mass is 35.5. The van der Waals surface area contributed by atoms with Crippen LogP contribution in [0.25, 0.3) is 0 Å². The van der Waals surface area contributed by atoms with Crippen molar-refractivity contribution in [3.8, 4) is 0 Å². The third-order valence-electron chi connectivity index (χ3n) is 1.85. The number of hydrogen-bond acceptors (Lipinski definition) is 5. The number of nitrogens with zero attached hydrogens (tertiary/aromatic N) is 2. The minimum Gasteiger partial charge on any atom is -0.383 e. The highest BCUT2D eigenvalue weighted by Gasteiger charge is 2.00. The summed E-state index contributed by atoms with van der Waals surface area (Å²) in [4.78, 5) is 3.93. The first-order valence-electron chi connectivity index (χ1n) is 4.60. The number of nitrogens with one attached hydrogen (secondary N) is 1. The molecule has 7 heteroatoms. The minimum absolute atomic E-state index is 0.339. The van der Waals surface area contributed by atoms with E-state index in [-0.39, 0.29) is 0 Å². The number of nitrogens with two attached hydrogens (primary N) is 1. The molecule has 4 nitrogen and oxygen atoms in total. The molecule has 0 spiro atoms. The van der Waals surface area contributed by atoms with E-state index >= 15 is 0 Å². The van der Waals surface area contributed by atoms with Crippen molar-refractivity contribution in [3.63, 3.8) is 0 Å². The SMILES string of the molecule is Nc1csc(NN=Cc2ccc(Cl)cc2F)n1. The molecule has 2 rings (SSSR count). The average Bonchev–Trinajstić information content (AvgIpc) is 2.68. The molecule has 0 unspecified atom stereocenters. The van der Waals surface area contributed by atoms with Gasteiger partial charge in [-0.1, -0.05) is 11.6 Å². The van der Waals surface area contributed by atoms with Gasteiger partial charge in [-0.15, -0.1) is 11.3 Å². The molecule has 0 atom stereocenters. The Bertz CT molecular complexity index is 555. The number of rotatable bonds is 3. The van der Waals surface area contributed by atoms with E-state index in [0.717, 1.165) is 0 Å². The lowest BCUT2D eigenvalue weighted by molar-refractivity contribution is 0.626. The van der Waals surface area contributed by atoms with Crippen molar-refractivity contribution in [1.82, 2.24) is 4.98 Å². The van der Waals surface area contributed by atoms with Gasteiger partial charge in [0.2, 0.25) is 5.13 Å². The van der Waals surface area contributed by atoms with Gasteiger partial charge in [-0.25, -0.2) is 9.37 Å². The van der Waals surface area contributed by atoms with Crippen molar-refractivity contribution < 1.29 is 4.39 Å². The molecule has 0 amide bonds. The van der Waals surface area contributed by atoms with E-state index in [1.54, 1.807) is 17.5 Å². The van der Waals surface area contributed by atoms with Gasteiger partial charge in [0.1, 0.15) is 11.6 Å². The van der Waals surface area contributed by atoms with Crippen LogP contribution in [0.4, 0.5) is 15.3 Å². The maximum atomic E-state index is 13.3. The van der Waals surface area contributed by atoms with Crippen LogP contribution in [0.15, 0.2) is 28.7 Å². The second-order valence-corrected chi connectivity index (χ2v) is 4.41. The Morgan fingerprint density at radius 3 is 3.00 bits per heavy atom. The number of hydrogen-bond donors (Lipinski definition) is 2. The van der Waals surface area contributed by atoms with E-state index < -0.39 is 5.82 Å². The molecule has 3 N–H and O–H groups in total. The Balaban J connectivity index is 2.05. The van der Waals surface area contributed by atoms with Crippen molar-refractivity contribution in [2.45, 2.75) is 0 Å². The Morgan fingerprint density at radius 1 is 1.53 bits per heavy atom. The maximum absolute atomic E-state index is 13.3. The van der Waals surface area contributed by atoms with Gasteiger partial charge in [0.15, 0.2) is 0 Å². The van der Waals surface area contributed by atoms with E-state index in [1.807, 2.05) is 0 Å². The molecular formula is C10H8ClFN4S. The van der Waals surface area contributed by atoms with Gasteiger partial charge >= 0.3 is 0 Å². The molecule has 17 heavy (non-hydrogen) atoms. The first-order chi connectivity index (χ1) is 8.15. The zero-order valence-corrected chi connectivity index (χ0v) is 10.1. The van der Waals surface area contributed by atoms with Gasteiger partial charge in [-0.2, -0.15) is 5.10 Å². The molecule has 1 aromatic carbocycles. The molecule has 0 saturated heterocycles. The van der Waals surface area contributed by atoms with Gasteiger partial charge < -0.3 is 5.73 Å². The summed E-state index contributed by atoms with van der Waals surface area (Å²) in [6.45, 7) is 0. The van der Waals surface area contributed by atoms with Crippen LogP contribution in [0, 0.1) is 5.82 Å². The van der Waals surface area contributed by atoms with Crippen LogP contribution in [0.5, 0.6) is 0 Å². The lowest BCUT2D eigenvalue weighted by Gasteiger charge is -1.97. The predicted octanol–water partition coefficient (Wildman–Crippen LogP) is 2.96. The summed E-state index contributed by atoms with van der Waals surface area (Å²) in [7, 11) is 0. The summed E-state index contributed by atoms with van der Waals surface area (Å²) in [5.74, 6) is -0.00734. The average molecular weight is 271 g/mol. The first-order valence-corrected chi connectivity index (χ1v) is 5.86. The first kappa shape index (κ1) is 11.8. The van der Waals surface area contributed by atoms with Crippen LogP contribution in [0.1, 0.15) is 5.56 Å². The fourth-order valence-corrected chi connectivity index (χ4v) is 1.81. The molecule has 2 aromatic rings. The van der Waals surface area contributed by atoms with Crippen molar-refractivity contribution in [3.05, 3.63) is 40.0 Å². The Morgan fingerprint density at radius 2 is 2.35 bits per heavy atom. The maximum Gasteiger partial charge on any atom is 0.205 e. The zero-order valence-electron chi connectivity index (χ0n) is 8.52. The number of anilines is 2. The normalized spacial score (nSPS) is 10.9. The lowest BCUT2D eigenvalue weighted by Crippen LogP contribution is -1.93. The van der Waals surface area contributed by atoms with Gasteiger partial charge in [0.05, 0.1) is 6.21 Å². The zero-order chi connectivity index (χ0) is 12.3. The molecule has 1 aromatic heterocycles. The fourth-order valence-electron chi connectivity index (χ4n) is 1.10. The summed E-state index contributed by atoms with van der Waals surface area (Å²) >= 11 is 6.94. The van der Waals surface area contributed by atoms with Crippen molar-refractivity contribution >= 4 is 40.1 Å². The Kier molecular flexibility index (Phi) is 3.55.